The van der Waals surface area contributed by atoms with Crippen LogP contribution < -0.4 is 0 Å². The fourth-order valence-electron chi connectivity index (χ4n) is 1.38. The molecule has 0 bridgehead atoms. The van der Waals surface area contributed by atoms with Crippen LogP contribution in [0, 0.1) is 0 Å². The summed E-state index contributed by atoms with van der Waals surface area (Å²) >= 11 is 0. The largest absolute Gasteiger partial charge is 0.224 e. The molecule has 1 aromatic heterocycles. The summed E-state index contributed by atoms with van der Waals surface area (Å²) in [5.41, 5.74) is 0. The summed E-state index contributed by atoms with van der Waals surface area (Å²) in [7, 11) is -12.3. The topological polar surface area (TPSA) is 141 Å². The van der Waals surface area contributed by atoms with Crippen LogP contribution in [0.15, 0.2) is 14.9 Å². The molecule has 0 aliphatic carbocycles. The van der Waals surface area contributed by atoms with Crippen LogP contribution in [-0.4, -0.2) is 57.9 Å². The van der Waals surface area contributed by atoms with Gasteiger partial charge in [-0.25, -0.2) is 25.3 Å². The van der Waals surface area contributed by atoms with E-state index in [1.54, 1.807) is 0 Å². The standard InChI is InChI=1S/C9H15N3O6S3/c1-4-19(13,14)7-8(20(15,16)5-2)10-12-11-9(7)21(17,18)6-3/h4-6H2,1-3H3. The third-order valence-electron chi connectivity index (χ3n) is 2.70. The lowest BCUT2D eigenvalue weighted by atomic mass is 10.7. The Morgan fingerprint density at radius 3 is 1.29 bits per heavy atom. The summed E-state index contributed by atoms with van der Waals surface area (Å²) < 4.78 is 72.1. The van der Waals surface area contributed by atoms with E-state index in [1.807, 2.05) is 0 Å². The molecule has 1 aromatic rings. The molecule has 0 aliphatic rings. The normalized spacial score (nSPS) is 13.3. The van der Waals surface area contributed by atoms with Crippen LogP contribution in [0.2, 0.25) is 0 Å². The molecular weight excluding hydrogens is 342 g/mol. The van der Waals surface area contributed by atoms with Crippen molar-refractivity contribution < 1.29 is 25.3 Å². The van der Waals surface area contributed by atoms with Crippen molar-refractivity contribution in [2.75, 3.05) is 17.3 Å². The van der Waals surface area contributed by atoms with Gasteiger partial charge in [0.05, 0.1) is 17.3 Å². The number of hydrogen-bond donors (Lipinski definition) is 0. The summed E-state index contributed by atoms with van der Waals surface area (Å²) in [4.78, 5) is -0.885. The molecule has 0 aliphatic heterocycles. The number of sulfone groups is 3. The smallest absolute Gasteiger partial charge is 0.201 e. The molecule has 0 fully saturated rings. The second kappa shape index (κ2) is 5.93. The highest BCUT2D eigenvalue weighted by Gasteiger charge is 2.35. The maximum absolute atomic E-state index is 12.1. The zero-order chi connectivity index (χ0) is 16.5. The Kier molecular flexibility index (Phi) is 5.05. The Morgan fingerprint density at radius 2 is 1.00 bits per heavy atom. The van der Waals surface area contributed by atoms with E-state index in [0.29, 0.717) is 0 Å². The van der Waals surface area contributed by atoms with Gasteiger partial charge in [-0.05, 0) is 5.21 Å². The Balaban J connectivity index is 4.02. The summed E-state index contributed by atoms with van der Waals surface area (Å²) in [5.74, 6) is -1.37. The molecule has 9 nitrogen and oxygen atoms in total. The number of aromatic nitrogens is 3. The predicted octanol–water partition coefficient (Wildman–Crippen LogP) is -0.748. The molecule has 1 heterocycles. The van der Waals surface area contributed by atoms with E-state index in [0.717, 1.165) is 0 Å². The Labute approximate surface area is 123 Å². The van der Waals surface area contributed by atoms with Crippen molar-refractivity contribution in [2.24, 2.45) is 0 Å². The number of hydrogen-bond acceptors (Lipinski definition) is 9. The highest BCUT2D eigenvalue weighted by Crippen LogP contribution is 2.26. The van der Waals surface area contributed by atoms with Crippen molar-refractivity contribution in [3.8, 4) is 0 Å². The van der Waals surface area contributed by atoms with Gasteiger partial charge in [0.15, 0.2) is 29.5 Å². The summed E-state index contributed by atoms with van der Waals surface area (Å²) in [6.07, 6.45) is 0. The molecule has 0 unspecified atom stereocenters. The fraction of sp³-hybridized carbons (Fsp3) is 0.667. The van der Waals surface area contributed by atoms with Crippen molar-refractivity contribution in [1.82, 2.24) is 15.4 Å². The molecule has 0 amide bonds. The van der Waals surface area contributed by atoms with E-state index in [9.17, 15) is 25.3 Å². The minimum Gasteiger partial charge on any atom is -0.224 e. The highest BCUT2D eigenvalue weighted by molar-refractivity contribution is 7.96. The van der Waals surface area contributed by atoms with Crippen molar-refractivity contribution in [2.45, 2.75) is 35.7 Å². The molecule has 0 N–H and O–H groups in total. The van der Waals surface area contributed by atoms with Crippen molar-refractivity contribution >= 4 is 29.5 Å². The lowest BCUT2D eigenvalue weighted by Crippen LogP contribution is -2.22. The third-order valence-corrected chi connectivity index (χ3v) is 8.00. The molecular formula is C9H15N3O6S3. The third kappa shape index (κ3) is 3.37. The van der Waals surface area contributed by atoms with Crippen molar-refractivity contribution in [1.29, 1.82) is 0 Å². The zero-order valence-electron chi connectivity index (χ0n) is 11.6. The van der Waals surface area contributed by atoms with Gasteiger partial charge < -0.3 is 0 Å². The first kappa shape index (κ1) is 17.9. The second-order valence-corrected chi connectivity index (χ2v) is 10.5. The number of rotatable bonds is 6. The molecule has 0 spiro atoms. The molecule has 12 heteroatoms. The zero-order valence-corrected chi connectivity index (χ0v) is 14.1. The first-order chi connectivity index (χ1) is 9.53. The van der Waals surface area contributed by atoms with Gasteiger partial charge in [0.1, 0.15) is 4.90 Å². The average Bonchev–Trinajstić information content (AvgIpc) is 2.46. The molecule has 0 radical (unpaired) electrons. The van der Waals surface area contributed by atoms with Gasteiger partial charge in [-0.1, -0.05) is 20.8 Å². The van der Waals surface area contributed by atoms with Gasteiger partial charge in [-0.15, -0.1) is 10.2 Å². The van der Waals surface area contributed by atoms with E-state index in [1.165, 1.54) is 20.8 Å². The lowest BCUT2D eigenvalue weighted by Gasteiger charge is -2.10. The van der Waals surface area contributed by atoms with E-state index < -0.39 is 61.7 Å². The summed E-state index contributed by atoms with van der Waals surface area (Å²) in [6, 6.07) is 0. The lowest BCUT2D eigenvalue weighted by molar-refractivity contribution is 0.545. The molecule has 1 rings (SSSR count). The molecule has 0 atom stereocenters. The predicted molar refractivity (Wildman–Crippen MR) is 73.0 cm³/mol. The van der Waals surface area contributed by atoms with Gasteiger partial charge >= 0.3 is 0 Å². The van der Waals surface area contributed by atoms with Crippen LogP contribution >= 0.6 is 0 Å². The van der Waals surface area contributed by atoms with Crippen molar-refractivity contribution in [3.63, 3.8) is 0 Å². The molecule has 0 aromatic carbocycles. The molecule has 120 valence electrons. The number of nitrogens with zero attached hydrogens (tertiary/aromatic N) is 3. The maximum atomic E-state index is 12.1. The van der Waals surface area contributed by atoms with E-state index in [-0.39, 0.29) is 0 Å². The Morgan fingerprint density at radius 1 is 0.667 bits per heavy atom. The first-order valence-corrected chi connectivity index (χ1v) is 10.9. The second-order valence-electron chi connectivity index (χ2n) is 3.94. The van der Waals surface area contributed by atoms with E-state index in [2.05, 4.69) is 15.4 Å². The summed E-state index contributed by atoms with van der Waals surface area (Å²) in [6.45, 7) is 3.84. The van der Waals surface area contributed by atoms with E-state index in [4.69, 9.17) is 0 Å². The Bertz CT molecular complexity index is 790. The average molecular weight is 357 g/mol. The fourth-order valence-corrected chi connectivity index (χ4v) is 5.49. The van der Waals surface area contributed by atoms with Crippen molar-refractivity contribution in [3.05, 3.63) is 0 Å². The van der Waals surface area contributed by atoms with Crippen LogP contribution in [0.25, 0.3) is 0 Å². The molecule has 0 saturated carbocycles. The van der Waals surface area contributed by atoms with Crippen LogP contribution in [0.1, 0.15) is 20.8 Å². The molecule has 0 saturated heterocycles. The van der Waals surface area contributed by atoms with Crippen LogP contribution in [0.3, 0.4) is 0 Å². The van der Waals surface area contributed by atoms with Gasteiger partial charge in [0.25, 0.3) is 0 Å². The van der Waals surface area contributed by atoms with Gasteiger partial charge in [0, 0.05) is 0 Å². The van der Waals surface area contributed by atoms with Gasteiger partial charge in [-0.2, -0.15) is 0 Å². The summed E-state index contributed by atoms with van der Waals surface area (Å²) in [5, 5.41) is 7.87. The Hall–Kier alpha value is -1.14. The van der Waals surface area contributed by atoms with Crippen LogP contribution in [0.4, 0.5) is 0 Å². The minimum absolute atomic E-state index is 0.441. The monoisotopic (exact) mass is 357 g/mol. The quantitative estimate of drug-likeness (QED) is 0.643. The first-order valence-electron chi connectivity index (χ1n) is 5.95. The van der Waals surface area contributed by atoms with E-state index >= 15 is 0 Å². The maximum Gasteiger partial charge on any atom is 0.201 e. The SMILES string of the molecule is CCS(=O)(=O)c1nnnc(S(=O)(=O)CC)c1S(=O)(=O)CC. The highest BCUT2D eigenvalue weighted by atomic mass is 32.2. The minimum atomic E-state index is -4.17. The molecule has 21 heavy (non-hydrogen) atoms. The van der Waals surface area contributed by atoms with Gasteiger partial charge in [-0.3, -0.25) is 0 Å². The van der Waals surface area contributed by atoms with Crippen LogP contribution in [-0.2, 0) is 29.5 Å². The van der Waals surface area contributed by atoms with Crippen LogP contribution in [0.5, 0.6) is 0 Å². The van der Waals surface area contributed by atoms with Gasteiger partial charge in [0.2, 0.25) is 10.1 Å².